The molecule has 0 fully saturated rings. The molecule has 17 heavy (non-hydrogen) atoms. The zero-order valence-corrected chi connectivity index (χ0v) is 10.2. The highest BCUT2D eigenvalue weighted by molar-refractivity contribution is 5.96. The lowest BCUT2D eigenvalue weighted by molar-refractivity contribution is 0.0979. The standard InChI is InChI=1S/C14H21NO2/c15-10-2-1-5-14(17)13-8-6-12(7-9-13)4-3-11-16/h6-9,16H,1-5,10-11,15H2. The van der Waals surface area contributed by atoms with Gasteiger partial charge in [0, 0.05) is 18.6 Å². The Hall–Kier alpha value is -1.19. The van der Waals surface area contributed by atoms with Crippen molar-refractivity contribution in [2.24, 2.45) is 5.73 Å². The summed E-state index contributed by atoms with van der Waals surface area (Å²) in [6.07, 6.45) is 3.97. The number of hydrogen-bond donors (Lipinski definition) is 2. The number of unbranched alkanes of at least 4 members (excludes halogenated alkanes) is 1. The zero-order chi connectivity index (χ0) is 12.5. The molecule has 0 aliphatic heterocycles. The summed E-state index contributed by atoms with van der Waals surface area (Å²) in [4.78, 5) is 11.8. The van der Waals surface area contributed by atoms with Crippen LogP contribution in [0.25, 0.3) is 0 Å². The Morgan fingerprint density at radius 2 is 1.82 bits per heavy atom. The summed E-state index contributed by atoms with van der Waals surface area (Å²) in [7, 11) is 0. The van der Waals surface area contributed by atoms with Crippen LogP contribution in [0.15, 0.2) is 24.3 Å². The van der Waals surface area contributed by atoms with Crippen LogP contribution in [0.1, 0.15) is 41.6 Å². The summed E-state index contributed by atoms with van der Waals surface area (Å²) >= 11 is 0. The molecular weight excluding hydrogens is 214 g/mol. The maximum absolute atomic E-state index is 11.8. The van der Waals surface area contributed by atoms with Crippen molar-refractivity contribution < 1.29 is 9.90 Å². The number of Topliss-reactive ketones (excluding diaryl/α,β-unsaturated/α-hetero) is 1. The summed E-state index contributed by atoms with van der Waals surface area (Å²) in [5, 5.41) is 8.73. The summed E-state index contributed by atoms with van der Waals surface area (Å²) in [6, 6.07) is 7.67. The Morgan fingerprint density at radius 3 is 2.41 bits per heavy atom. The fraction of sp³-hybridized carbons (Fsp3) is 0.500. The first kappa shape index (κ1) is 13.9. The summed E-state index contributed by atoms with van der Waals surface area (Å²) in [5.74, 6) is 0.187. The van der Waals surface area contributed by atoms with E-state index >= 15 is 0 Å². The van der Waals surface area contributed by atoms with E-state index in [0.29, 0.717) is 13.0 Å². The van der Waals surface area contributed by atoms with Crippen LogP contribution < -0.4 is 5.73 Å². The predicted molar refractivity (Wildman–Crippen MR) is 69.1 cm³/mol. The molecule has 1 rings (SSSR count). The number of nitrogens with two attached hydrogens (primary N) is 1. The maximum atomic E-state index is 11.8. The lowest BCUT2D eigenvalue weighted by Gasteiger charge is -2.03. The van der Waals surface area contributed by atoms with Gasteiger partial charge < -0.3 is 10.8 Å². The number of carbonyl (C=O) groups excluding carboxylic acids is 1. The van der Waals surface area contributed by atoms with Gasteiger partial charge in [-0.05, 0) is 37.8 Å². The highest BCUT2D eigenvalue weighted by Gasteiger charge is 2.04. The summed E-state index contributed by atoms with van der Waals surface area (Å²) in [5.41, 5.74) is 7.33. The van der Waals surface area contributed by atoms with Gasteiger partial charge in [0.2, 0.25) is 0 Å². The minimum absolute atomic E-state index is 0.187. The van der Waals surface area contributed by atoms with Gasteiger partial charge in [-0.2, -0.15) is 0 Å². The molecule has 0 aliphatic carbocycles. The molecule has 0 radical (unpaired) electrons. The van der Waals surface area contributed by atoms with Gasteiger partial charge in [-0.1, -0.05) is 24.3 Å². The molecule has 1 aromatic carbocycles. The van der Waals surface area contributed by atoms with Crippen LogP contribution in [-0.4, -0.2) is 24.0 Å². The van der Waals surface area contributed by atoms with Crippen molar-refractivity contribution in [3.05, 3.63) is 35.4 Å². The van der Waals surface area contributed by atoms with E-state index in [1.807, 2.05) is 24.3 Å². The molecule has 0 unspecified atom stereocenters. The van der Waals surface area contributed by atoms with Crippen LogP contribution in [-0.2, 0) is 6.42 Å². The highest BCUT2D eigenvalue weighted by Crippen LogP contribution is 2.10. The quantitative estimate of drug-likeness (QED) is 0.534. The largest absolute Gasteiger partial charge is 0.396 e. The zero-order valence-electron chi connectivity index (χ0n) is 10.2. The average Bonchev–Trinajstić information content (AvgIpc) is 2.37. The fourth-order valence-corrected chi connectivity index (χ4v) is 1.71. The van der Waals surface area contributed by atoms with Crippen molar-refractivity contribution in [3.63, 3.8) is 0 Å². The first-order valence-corrected chi connectivity index (χ1v) is 6.21. The van der Waals surface area contributed by atoms with Crippen molar-refractivity contribution >= 4 is 5.78 Å². The van der Waals surface area contributed by atoms with Gasteiger partial charge in [-0.3, -0.25) is 4.79 Å². The second-order valence-electron chi connectivity index (χ2n) is 4.19. The molecule has 0 saturated heterocycles. The highest BCUT2D eigenvalue weighted by atomic mass is 16.2. The minimum Gasteiger partial charge on any atom is -0.396 e. The molecule has 1 aromatic rings. The average molecular weight is 235 g/mol. The third-order valence-corrected chi connectivity index (χ3v) is 2.76. The molecular formula is C14H21NO2. The Kier molecular flexibility index (Phi) is 6.51. The van der Waals surface area contributed by atoms with E-state index in [1.165, 1.54) is 0 Å². The van der Waals surface area contributed by atoms with Crippen LogP contribution in [0.3, 0.4) is 0 Å². The van der Waals surface area contributed by atoms with Crippen LogP contribution >= 0.6 is 0 Å². The van der Waals surface area contributed by atoms with Crippen LogP contribution in [0.4, 0.5) is 0 Å². The van der Waals surface area contributed by atoms with Crippen molar-refractivity contribution in [2.75, 3.05) is 13.2 Å². The number of rotatable bonds is 8. The summed E-state index contributed by atoms with van der Waals surface area (Å²) in [6.45, 7) is 0.854. The van der Waals surface area contributed by atoms with Crippen molar-refractivity contribution in [3.8, 4) is 0 Å². The maximum Gasteiger partial charge on any atom is 0.162 e. The van der Waals surface area contributed by atoms with Gasteiger partial charge >= 0.3 is 0 Å². The predicted octanol–water partition coefficient (Wildman–Crippen LogP) is 1.92. The van der Waals surface area contributed by atoms with E-state index in [9.17, 15) is 4.79 Å². The number of ketones is 1. The fourth-order valence-electron chi connectivity index (χ4n) is 1.71. The second kappa shape index (κ2) is 7.98. The van der Waals surface area contributed by atoms with Gasteiger partial charge in [0.05, 0.1) is 0 Å². The first-order chi connectivity index (χ1) is 8.27. The third kappa shape index (κ3) is 5.11. The minimum atomic E-state index is 0.187. The monoisotopic (exact) mass is 235 g/mol. The van der Waals surface area contributed by atoms with Crippen molar-refractivity contribution in [1.82, 2.24) is 0 Å². The van der Waals surface area contributed by atoms with E-state index in [4.69, 9.17) is 10.8 Å². The number of hydrogen-bond acceptors (Lipinski definition) is 3. The number of aliphatic hydroxyl groups is 1. The van der Waals surface area contributed by atoms with E-state index < -0.39 is 0 Å². The molecule has 94 valence electrons. The van der Waals surface area contributed by atoms with Gasteiger partial charge in [0.15, 0.2) is 5.78 Å². The lowest BCUT2D eigenvalue weighted by Crippen LogP contribution is -2.03. The summed E-state index contributed by atoms with van der Waals surface area (Å²) < 4.78 is 0. The SMILES string of the molecule is NCCCCC(=O)c1ccc(CCCO)cc1. The van der Waals surface area contributed by atoms with Gasteiger partial charge in [-0.25, -0.2) is 0 Å². The molecule has 3 N–H and O–H groups in total. The van der Waals surface area contributed by atoms with Gasteiger partial charge in [-0.15, -0.1) is 0 Å². The Morgan fingerprint density at radius 1 is 1.12 bits per heavy atom. The lowest BCUT2D eigenvalue weighted by atomic mass is 10.0. The molecule has 0 atom stereocenters. The van der Waals surface area contributed by atoms with E-state index in [2.05, 4.69) is 0 Å². The molecule has 3 heteroatoms. The first-order valence-electron chi connectivity index (χ1n) is 6.21. The molecule has 0 amide bonds. The van der Waals surface area contributed by atoms with Crippen molar-refractivity contribution in [1.29, 1.82) is 0 Å². The molecule has 0 aromatic heterocycles. The van der Waals surface area contributed by atoms with Crippen molar-refractivity contribution in [2.45, 2.75) is 32.1 Å². The van der Waals surface area contributed by atoms with Crippen LogP contribution in [0.2, 0.25) is 0 Å². The molecule has 3 nitrogen and oxygen atoms in total. The molecule has 0 aliphatic rings. The van der Waals surface area contributed by atoms with Crippen LogP contribution in [0, 0.1) is 0 Å². The number of carbonyl (C=O) groups is 1. The number of aryl methyl sites for hydroxylation is 1. The topological polar surface area (TPSA) is 63.3 Å². The Balaban J connectivity index is 2.46. The normalized spacial score (nSPS) is 10.5. The molecule has 0 bridgehead atoms. The van der Waals surface area contributed by atoms with Crippen LogP contribution in [0.5, 0.6) is 0 Å². The molecule has 0 saturated carbocycles. The number of aliphatic hydroxyl groups excluding tert-OH is 1. The Bertz CT molecular complexity index is 333. The number of benzene rings is 1. The van der Waals surface area contributed by atoms with E-state index in [0.717, 1.165) is 36.8 Å². The molecule has 0 heterocycles. The second-order valence-corrected chi connectivity index (χ2v) is 4.19. The van der Waals surface area contributed by atoms with E-state index in [-0.39, 0.29) is 12.4 Å². The molecule has 0 spiro atoms. The van der Waals surface area contributed by atoms with Gasteiger partial charge in [0.25, 0.3) is 0 Å². The smallest absolute Gasteiger partial charge is 0.162 e. The third-order valence-electron chi connectivity index (χ3n) is 2.76. The van der Waals surface area contributed by atoms with Gasteiger partial charge in [0.1, 0.15) is 0 Å². The Labute approximate surface area is 103 Å². The van der Waals surface area contributed by atoms with E-state index in [1.54, 1.807) is 0 Å².